The van der Waals surface area contributed by atoms with Gasteiger partial charge in [0.2, 0.25) is 0 Å². The molecule has 0 bridgehead atoms. The molecule has 3 heteroatoms. The summed E-state index contributed by atoms with van der Waals surface area (Å²) in [6.45, 7) is 8.82. The van der Waals surface area contributed by atoms with E-state index in [9.17, 15) is 0 Å². The van der Waals surface area contributed by atoms with Gasteiger partial charge in [0, 0.05) is 35.9 Å². The Morgan fingerprint density at radius 2 is 2.17 bits per heavy atom. The zero-order chi connectivity index (χ0) is 13.1. The first kappa shape index (κ1) is 13.7. The third kappa shape index (κ3) is 3.39. The van der Waals surface area contributed by atoms with E-state index >= 15 is 0 Å². The number of aryl methyl sites for hydroxylation is 1. The van der Waals surface area contributed by atoms with Gasteiger partial charge in [0.05, 0.1) is 0 Å². The number of rotatable bonds is 3. The van der Waals surface area contributed by atoms with Gasteiger partial charge in [0.25, 0.3) is 0 Å². The van der Waals surface area contributed by atoms with Crippen LogP contribution >= 0.6 is 11.6 Å². The molecular weight excluding hydrogens is 244 g/mol. The molecule has 18 heavy (non-hydrogen) atoms. The van der Waals surface area contributed by atoms with E-state index in [4.69, 9.17) is 11.6 Å². The highest BCUT2D eigenvalue weighted by Crippen LogP contribution is 2.26. The standard InChI is InChI=1S/C15H23ClN2/c1-11(2)17-14-5-4-8-18(10-14)15-7-6-13(16)9-12(15)3/h6-7,9,11,14,17H,4-5,8,10H2,1-3H3. The molecule has 100 valence electrons. The normalized spacial score (nSPS) is 20.5. The van der Waals surface area contributed by atoms with E-state index in [0.29, 0.717) is 12.1 Å². The van der Waals surface area contributed by atoms with Crippen LogP contribution in [0.2, 0.25) is 5.02 Å². The molecule has 0 radical (unpaired) electrons. The number of anilines is 1. The Bertz CT molecular complexity index is 403. The minimum Gasteiger partial charge on any atom is -0.370 e. The lowest BCUT2D eigenvalue weighted by molar-refractivity contribution is 0.394. The Morgan fingerprint density at radius 1 is 1.39 bits per heavy atom. The second-order valence-corrected chi connectivity index (χ2v) is 5.97. The van der Waals surface area contributed by atoms with Crippen molar-refractivity contribution in [3.63, 3.8) is 0 Å². The number of nitrogens with zero attached hydrogens (tertiary/aromatic N) is 1. The molecule has 0 aromatic heterocycles. The summed E-state index contributed by atoms with van der Waals surface area (Å²) in [5, 5.41) is 4.47. The van der Waals surface area contributed by atoms with Crippen LogP contribution in [0.4, 0.5) is 5.69 Å². The molecule has 1 saturated heterocycles. The lowest BCUT2D eigenvalue weighted by Crippen LogP contribution is -2.48. The fourth-order valence-electron chi connectivity index (χ4n) is 2.78. The van der Waals surface area contributed by atoms with Gasteiger partial charge >= 0.3 is 0 Å². The van der Waals surface area contributed by atoms with Crippen LogP contribution in [0, 0.1) is 6.92 Å². The van der Waals surface area contributed by atoms with E-state index in [2.05, 4.69) is 43.1 Å². The lowest BCUT2D eigenvalue weighted by atomic mass is 10.0. The number of piperidine rings is 1. The molecule has 0 saturated carbocycles. The van der Waals surface area contributed by atoms with Crippen LogP contribution in [0.5, 0.6) is 0 Å². The zero-order valence-electron chi connectivity index (χ0n) is 11.5. The maximum Gasteiger partial charge on any atom is 0.0410 e. The molecule has 1 heterocycles. The molecule has 2 rings (SSSR count). The molecule has 1 fully saturated rings. The quantitative estimate of drug-likeness (QED) is 0.899. The molecule has 0 aliphatic carbocycles. The van der Waals surface area contributed by atoms with Crippen LogP contribution < -0.4 is 10.2 Å². The van der Waals surface area contributed by atoms with E-state index < -0.39 is 0 Å². The molecule has 0 amide bonds. The first-order valence-electron chi connectivity index (χ1n) is 6.83. The Balaban J connectivity index is 2.08. The fraction of sp³-hybridized carbons (Fsp3) is 0.600. The molecule has 0 spiro atoms. The monoisotopic (exact) mass is 266 g/mol. The highest BCUT2D eigenvalue weighted by molar-refractivity contribution is 6.30. The Labute approximate surface area is 115 Å². The van der Waals surface area contributed by atoms with Gasteiger partial charge in [0.1, 0.15) is 0 Å². The first-order chi connectivity index (χ1) is 8.56. The molecule has 1 atom stereocenters. The van der Waals surface area contributed by atoms with Gasteiger partial charge in [-0.1, -0.05) is 25.4 Å². The lowest BCUT2D eigenvalue weighted by Gasteiger charge is -2.36. The Hall–Kier alpha value is -0.730. The van der Waals surface area contributed by atoms with Crippen LogP contribution in [0.1, 0.15) is 32.3 Å². The van der Waals surface area contributed by atoms with Gasteiger partial charge in [-0.15, -0.1) is 0 Å². The van der Waals surface area contributed by atoms with E-state index in [1.165, 1.54) is 24.1 Å². The molecule has 1 aliphatic rings. The molecule has 1 aliphatic heterocycles. The average Bonchev–Trinajstić information content (AvgIpc) is 2.28. The fourth-order valence-corrected chi connectivity index (χ4v) is 3.00. The highest BCUT2D eigenvalue weighted by atomic mass is 35.5. The van der Waals surface area contributed by atoms with Gasteiger partial charge in [-0.05, 0) is 43.5 Å². The van der Waals surface area contributed by atoms with Crippen LogP contribution in [-0.2, 0) is 0 Å². The van der Waals surface area contributed by atoms with Crippen LogP contribution in [0.3, 0.4) is 0 Å². The molecule has 1 N–H and O–H groups in total. The summed E-state index contributed by atoms with van der Waals surface area (Å²) in [5.41, 5.74) is 2.60. The van der Waals surface area contributed by atoms with Gasteiger partial charge in [-0.25, -0.2) is 0 Å². The topological polar surface area (TPSA) is 15.3 Å². The first-order valence-corrected chi connectivity index (χ1v) is 7.21. The maximum atomic E-state index is 6.02. The predicted molar refractivity (Wildman–Crippen MR) is 79.7 cm³/mol. The Morgan fingerprint density at radius 3 is 2.83 bits per heavy atom. The smallest absolute Gasteiger partial charge is 0.0410 e. The Kier molecular flexibility index (Phi) is 4.52. The molecule has 1 aromatic carbocycles. The SMILES string of the molecule is Cc1cc(Cl)ccc1N1CCCC(NC(C)C)C1. The zero-order valence-corrected chi connectivity index (χ0v) is 12.3. The van der Waals surface area contributed by atoms with Crippen molar-refractivity contribution in [1.82, 2.24) is 5.32 Å². The summed E-state index contributed by atoms with van der Waals surface area (Å²) in [6, 6.07) is 7.35. The summed E-state index contributed by atoms with van der Waals surface area (Å²) in [5.74, 6) is 0. The van der Waals surface area contributed by atoms with Gasteiger partial charge in [-0.2, -0.15) is 0 Å². The number of halogens is 1. The van der Waals surface area contributed by atoms with Gasteiger partial charge in [-0.3, -0.25) is 0 Å². The summed E-state index contributed by atoms with van der Waals surface area (Å²) in [7, 11) is 0. The predicted octanol–water partition coefficient (Wildman–Crippen LogP) is 3.62. The number of nitrogens with one attached hydrogen (secondary N) is 1. The average molecular weight is 267 g/mol. The summed E-state index contributed by atoms with van der Waals surface area (Å²) in [4.78, 5) is 2.48. The van der Waals surface area contributed by atoms with Crippen molar-refractivity contribution in [2.75, 3.05) is 18.0 Å². The molecule has 2 nitrogen and oxygen atoms in total. The van der Waals surface area contributed by atoms with Crippen molar-refractivity contribution in [2.45, 2.75) is 45.7 Å². The van der Waals surface area contributed by atoms with Crippen molar-refractivity contribution in [2.24, 2.45) is 0 Å². The van der Waals surface area contributed by atoms with E-state index in [1.807, 2.05) is 6.07 Å². The van der Waals surface area contributed by atoms with E-state index in [1.54, 1.807) is 0 Å². The van der Waals surface area contributed by atoms with Gasteiger partial charge in [0.15, 0.2) is 0 Å². The number of hydrogen-bond acceptors (Lipinski definition) is 2. The third-order valence-electron chi connectivity index (χ3n) is 3.49. The molecule has 1 aromatic rings. The van der Waals surface area contributed by atoms with Gasteiger partial charge < -0.3 is 10.2 Å². The highest BCUT2D eigenvalue weighted by Gasteiger charge is 2.21. The van der Waals surface area contributed by atoms with Crippen LogP contribution in [-0.4, -0.2) is 25.2 Å². The summed E-state index contributed by atoms with van der Waals surface area (Å²) >= 11 is 6.02. The minimum absolute atomic E-state index is 0.557. The largest absolute Gasteiger partial charge is 0.370 e. The maximum absolute atomic E-state index is 6.02. The number of benzene rings is 1. The van der Waals surface area contributed by atoms with Crippen molar-refractivity contribution < 1.29 is 0 Å². The number of hydrogen-bond donors (Lipinski definition) is 1. The summed E-state index contributed by atoms with van der Waals surface area (Å²) in [6.07, 6.45) is 2.54. The van der Waals surface area contributed by atoms with Crippen molar-refractivity contribution >= 4 is 17.3 Å². The van der Waals surface area contributed by atoms with E-state index in [-0.39, 0.29) is 0 Å². The molecular formula is C15H23ClN2. The van der Waals surface area contributed by atoms with Crippen molar-refractivity contribution in [3.05, 3.63) is 28.8 Å². The minimum atomic E-state index is 0.557. The molecule has 1 unspecified atom stereocenters. The van der Waals surface area contributed by atoms with Crippen LogP contribution in [0.25, 0.3) is 0 Å². The van der Waals surface area contributed by atoms with Crippen molar-refractivity contribution in [3.8, 4) is 0 Å². The third-order valence-corrected chi connectivity index (χ3v) is 3.73. The second kappa shape index (κ2) is 5.94. The van der Waals surface area contributed by atoms with E-state index in [0.717, 1.165) is 18.1 Å². The van der Waals surface area contributed by atoms with Crippen molar-refractivity contribution in [1.29, 1.82) is 0 Å². The van der Waals surface area contributed by atoms with Crippen LogP contribution in [0.15, 0.2) is 18.2 Å². The summed E-state index contributed by atoms with van der Waals surface area (Å²) < 4.78 is 0. The second-order valence-electron chi connectivity index (χ2n) is 5.54.